The minimum atomic E-state index is -0.227. The summed E-state index contributed by atoms with van der Waals surface area (Å²) in [5, 5.41) is 3.37. The van der Waals surface area contributed by atoms with E-state index in [-0.39, 0.29) is 12.0 Å². The predicted octanol–water partition coefficient (Wildman–Crippen LogP) is 1.62. The van der Waals surface area contributed by atoms with Gasteiger partial charge in [-0.25, -0.2) is 0 Å². The van der Waals surface area contributed by atoms with Gasteiger partial charge in [-0.3, -0.25) is 9.79 Å². The van der Waals surface area contributed by atoms with Crippen molar-refractivity contribution in [3.05, 3.63) is 30.3 Å². The molecular weight excluding hydrogens is 304 g/mol. The molecule has 1 aromatic rings. The van der Waals surface area contributed by atoms with Gasteiger partial charge in [0.15, 0.2) is 5.96 Å². The number of carbonyl (C=O) groups is 1. The number of nitrogens with one attached hydrogen (secondary N) is 1. The minimum absolute atomic E-state index is 0.0235. The molecule has 1 heterocycles. The maximum absolute atomic E-state index is 11.1. The van der Waals surface area contributed by atoms with E-state index in [0.29, 0.717) is 18.9 Å². The van der Waals surface area contributed by atoms with E-state index in [1.807, 2.05) is 37.3 Å². The van der Waals surface area contributed by atoms with E-state index in [2.05, 4.69) is 15.2 Å². The summed E-state index contributed by atoms with van der Waals surface area (Å²) in [7, 11) is 1.78. The Morgan fingerprint density at radius 3 is 2.88 bits per heavy atom. The lowest BCUT2D eigenvalue weighted by Crippen LogP contribution is -2.49. The van der Waals surface area contributed by atoms with Crippen molar-refractivity contribution in [3.8, 4) is 5.75 Å². The molecule has 2 rings (SSSR count). The zero-order chi connectivity index (χ0) is 17.4. The average molecular weight is 332 g/mol. The summed E-state index contributed by atoms with van der Waals surface area (Å²) in [6.07, 6.45) is 2.56. The number of hydrogen-bond donors (Lipinski definition) is 2. The third-order valence-corrected chi connectivity index (χ3v) is 4.15. The second kappa shape index (κ2) is 9.15. The average Bonchev–Trinajstić information content (AvgIpc) is 2.56. The van der Waals surface area contributed by atoms with Crippen molar-refractivity contribution in [1.82, 2.24) is 10.2 Å². The number of rotatable bonds is 6. The number of primary amides is 1. The molecule has 24 heavy (non-hydrogen) atoms. The van der Waals surface area contributed by atoms with Crippen molar-refractivity contribution in [3.63, 3.8) is 0 Å². The first-order chi connectivity index (χ1) is 11.6. The molecule has 0 aromatic heterocycles. The third-order valence-electron chi connectivity index (χ3n) is 4.15. The van der Waals surface area contributed by atoms with E-state index in [9.17, 15) is 4.79 Å². The summed E-state index contributed by atoms with van der Waals surface area (Å²) in [6, 6.07) is 9.79. The Labute approximate surface area is 144 Å². The van der Waals surface area contributed by atoms with Crippen molar-refractivity contribution in [1.29, 1.82) is 0 Å². The number of guanidine groups is 1. The van der Waals surface area contributed by atoms with Crippen molar-refractivity contribution in [2.24, 2.45) is 16.6 Å². The number of piperidine rings is 1. The quantitative estimate of drug-likeness (QED) is 0.613. The van der Waals surface area contributed by atoms with Crippen LogP contribution in [0.4, 0.5) is 0 Å². The minimum Gasteiger partial charge on any atom is -0.489 e. The van der Waals surface area contributed by atoms with Crippen LogP contribution in [0.15, 0.2) is 35.3 Å². The van der Waals surface area contributed by atoms with Crippen LogP contribution in [0.25, 0.3) is 0 Å². The highest BCUT2D eigenvalue weighted by Gasteiger charge is 2.23. The molecule has 0 bridgehead atoms. The number of likely N-dealkylation sites (tertiary alicyclic amines) is 1. The molecular formula is C18H28N4O2. The second-order valence-corrected chi connectivity index (χ2v) is 6.29. The van der Waals surface area contributed by atoms with E-state index in [1.54, 1.807) is 7.05 Å². The van der Waals surface area contributed by atoms with Gasteiger partial charge in [0.1, 0.15) is 11.9 Å². The first-order valence-corrected chi connectivity index (χ1v) is 8.54. The lowest BCUT2D eigenvalue weighted by Gasteiger charge is -2.35. The normalized spacial score (nSPS) is 19.7. The fourth-order valence-corrected chi connectivity index (χ4v) is 3.05. The van der Waals surface area contributed by atoms with Gasteiger partial charge in [0.05, 0.1) is 6.54 Å². The van der Waals surface area contributed by atoms with Gasteiger partial charge in [-0.05, 0) is 37.8 Å². The van der Waals surface area contributed by atoms with E-state index >= 15 is 0 Å². The van der Waals surface area contributed by atoms with Crippen LogP contribution < -0.4 is 15.8 Å². The molecule has 0 radical (unpaired) electrons. The van der Waals surface area contributed by atoms with E-state index in [0.717, 1.165) is 37.6 Å². The first kappa shape index (κ1) is 18.1. The molecule has 0 aliphatic carbocycles. The molecule has 1 saturated heterocycles. The highest BCUT2D eigenvalue weighted by molar-refractivity contribution is 5.80. The molecule has 3 N–H and O–H groups in total. The fourth-order valence-electron chi connectivity index (χ4n) is 3.05. The molecule has 1 aliphatic rings. The molecule has 2 unspecified atom stereocenters. The van der Waals surface area contributed by atoms with Gasteiger partial charge in [0.25, 0.3) is 0 Å². The number of para-hydroxylation sites is 1. The summed E-state index contributed by atoms with van der Waals surface area (Å²) in [5.74, 6) is 1.80. The van der Waals surface area contributed by atoms with Crippen LogP contribution in [0, 0.1) is 5.92 Å². The summed E-state index contributed by atoms with van der Waals surface area (Å²) in [6.45, 7) is 4.46. The number of carbonyl (C=O) groups excluding carboxylic acids is 1. The maximum Gasteiger partial charge on any atom is 0.217 e. The lowest BCUT2D eigenvalue weighted by atomic mass is 9.95. The van der Waals surface area contributed by atoms with Crippen LogP contribution in [0.1, 0.15) is 26.2 Å². The second-order valence-electron chi connectivity index (χ2n) is 6.29. The van der Waals surface area contributed by atoms with E-state index < -0.39 is 0 Å². The number of ether oxygens (including phenoxy) is 1. The molecule has 2 atom stereocenters. The summed E-state index contributed by atoms with van der Waals surface area (Å²) in [4.78, 5) is 17.7. The fraction of sp³-hybridized carbons (Fsp3) is 0.556. The molecule has 6 nitrogen and oxygen atoms in total. The standard InChI is InChI=1S/C18H28N4O2/c1-14(24-16-8-4-3-5-9-16)12-21-18(20-2)22-10-6-7-15(13-22)11-17(19)23/h3-5,8-9,14-15H,6-7,10-13H2,1-2H3,(H2,19,23)(H,20,21). The molecule has 1 aromatic carbocycles. The SMILES string of the molecule is CN=C(NCC(C)Oc1ccccc1)N1CCCC(CC(N)=O)C1. The highest BCUT2D eigenvalue weighted by atomic mass is 16.5. The Hall–Kier alpha value is -2.24. The van der Waals surface area contributed by atoms with Gasteiger partial charge in [-0.1, -0.05) is 18.2 Å². The Bertz CT molecular complexity index is 547. The number of nitrogens with zero attached hydrogens (tertiary/aromatic N) is 2. The van der Waals surface area contributed by atoms with Gasteiger partial charge in [0.2, 0.25) is 5.91 Å². The Morgan fingerprint density at radius 2 is 2.21 bits per heavy atom. The molecule has 6 heteroatoms. The molecule has 0 spiro atoms. The number of nitrogens with two attached hydrogens (primary N) is 1. The van der Waals surface area contributed by atoms with Gasteiger partial charge < -0.3 is 20.7 Å². The van der Waals surface area contributed by atoms with Crippen molar-refractivity contribution in [2.75, 3.05) is 26.7 Å². The molecule has 1 fully saturated rings. The Kier molecular flexibility index (Phi) is 6.90. The third kappa shape index (κ3) is 5.76. The Morgan fingerprint density at radius 1 is 1.46 bits per heavy atom. The van der Waals surface area contributed by atoms with Crippen molar-refractivity contribution in [2.45, 2.75) is 32.3 Å². The topological polar surface area (TPSA) is 80.0 Å². The maximum atomic E-state index is 11.1. The number of amides is 1. The highest BCUT2D eigenvalue weighted by Crippen LogP contribution is 2.19. The molecule has 0 saturated carbocycles. The van der Waals surface area contributed by atoms with Gasteiger partial charge in [-0.15, -0.1) is 0 Å². The van der Waals surface area contributed by atoms with Crippen LogP contribution in [0.5, 0.6) is 5.75 Å². The zero-order valence-electron chi connectivity index (χ0n) is 14.6. The van der Waals surface area contributed by atoms with Crippen LogP contribution in [0.2, 0.25) is 0 Å². The summed E-state index contributed by atoms with van der Waals surface area (Å²) >= 11 is 0. The molecule has 132 valence electrons. The summed E-state index contributed by atoms with van der Waals surface area (Å²) < 4.78 is 5.87. The van der Waals surface area contributed by atoms with Crippen LogP contribution in [-0.2, 0) is 4.79 Å². The molecule has 1 amide bonds. The van der Waals surface area contributed by atoms with Gasteiger partial charge in [0, 0.05) is 26.6 Å². The van der Waals surface area contributed by atoms with Crippen LogP contribution >= 0.6 is 0 Å². The molecule has 1 aliphatic heterocycles. The number of hydrogen-bond acceptors (Lipinski definition) is 3. The monoisotopic (exact) mass is 332 g/mol. The summed E-state index contributed by atoms with van der Waals surface area (Å²) in [5.41, 5.74) is 5.33. The van der Waals surface area contributed by atoms with Gasteiger partial charge in [-0.2, -0.15) is 0 Å². The van der Waals surface area contributed by atoms with Crippen LogP contribution in [-0.4, -0.2) is 49.6 Å². The number of benzene rings is 1. The lowest BCUT2D eigenvalue weighted by molar-refractivity contribution is -0.119. The Balaban J connectivity index is 1.82. The predicted molar refractivity (Wildman–Crippen MR) is 96.0 cm³/mol. The smallest absolute Gasteiger partial charge is 0.217 e. The van der Waals surface area contributed by atoms with E-state index in [1.165, 1.54) is 0 Å². The van der Waals surface area contributed by atoms with Gasteiger partial charge >= 0.3 is 0 Å². The number of aliphatic imine (C=N–C) groups is 1. The first-order valence-electron chi connectivity index (χ1n) is 8.54. The van der Waals surface area contributed by atoms with E-state index in [4.69, 9.17) is 10.5 Å². The largest absolute Gasteiger partial charge is 0.489 e. The van der Waals surface area contributed by atoms with Crippen LogP contribution in [0.3, 0.4) is 0 Å². The van der Waals surface area contributed by atoms with Crippen molar-refractivity contribution < 1.29 is 9.53 Å². The van der Waals surface area contributed by atoms with Crippen molar-refractivity contribution >= 4 is 11.9 Å². The zero-order valence-corrected chi connectivity index (χ0v) is 14.6.